The molecule has 5 rings (SSSR count). The van der Waals surface area contributed by atoms with Crippen molar-refractivity contribution in [2.75, 3.05) is 0 Å². The van der Waals surface area contributed by atoms with Crippen LogP contribution in [-0.4, -0.2) is 37.1 Å². The Morgan fingerprint density at radius 2 is 1.90 bits per heavy atom. The van der Waals surface area contributed by atoms with Crippen LogP contribution in [0.3, 0.4) is 0 Å². The van der Waals surface area contributed by atoms with E-state index in [-0.39, 0.29) is 18.0 Å². The molecule has 2 heterocycles. The summed E-state index contributed by atoms with van der Waals surface area (Å²) in [7, 11) is 0. The monoisotopic (exact) mass is 400 g/mol. The van der Waals surface area contributed by atoms with Crippen molar-refractivity contribution < 1.29 is 4.79 Å². The highest BCUT2D eigenvalue weighted by Crippen LogP contribution is 2.34. The second-order valence-electron chi connectivity index (χ2n) is 7.90. The summed E-state index contributed by atoms with van der Waals surface area (Å²) in [6, 6.07) is 15.3. The smallest absolute Gasteiger partial charge is 0.219 e. The lowest BCUT2D eigenvalue weighted by atomic mass is 10.0. The van der Waals surface area contributed by atoms with Gasteiger partial charge < -0.3 is 5.32 Å². The average Bonchev–Trinajstić information content (AvgIpc) is 3.53. The van der Waals surface area contributed by atoms with Gasteiger partial charge in [-0.25, -0.2) is 4.68 Å². The first kappa shape index (κ1) is 18.5. The summed E-state index contributed by atoms with van der Waals surface area (Å²) in [5.74, 6) is 0.114. The lowest BCUT2D eigenvalue weighted by Crippen LogP contribution is -2.32. The summed E-state index contributed by atoms with van der Waals surface area (Å²) in [5, 5.41) is 19.9. The van der Waals surface area contributed by atoms with Crippen LogP contribution < -0.4 is 5.32 Å². The highest BCUT2D eigenvalue weighted by molar-refractivity contribution is 5.84. The largest absolute Gasteiger partial charge is 0.353 e. The minimum Gasteiger partial charge on any atom is -0.353 e. The molecule has 2 N–H and O–H groups in total. The zero-order chi connectivity index (χ0) is 20.5. The van der Waals surface area contributed by atoms with Gasteiger partial charge in [-0.3, -0.25) is 9.89 Å². The van der Waals surface area contributed by atoms with E-state index in [1.807, 2.05) is 24.0 Å². The van der Waals surface area contributed by atoms with E-state index in [1.165, 1.54) is 0 Å². The van der Waals surface area contributed by atoms with E-state index in [0.717, 1.165) is 52.5 Å². The zero-order valence-corrected chi connectivity index (χ0v) is 16.9. The van der Waals surface area contributed by atoms with E-state index in [2.05, 4.69) is 68.3 Å². The quantitative estimate of drug-likeness (QED) is 0.528. The number of hydrogen-bond acceptors (Lipinski definition) is 4. The number of fused-ring (bicyclic) bond motifs is 1. The molecule has 2 aromatic carbocycles. The minimum atomic E-state index is 0.114. The van der Waals surface area contributed by atoms with Crippen LogP contribution in [0.2, 0.25) is 0 Å². The van der Waals surface area contributed by atoms with Crippen molar-refractivity contribution in [2.24, 2.45) is 0 Å². The third kappa shape index (κ3) is 3.47. The molecule has 0 saturated heterocycles. The van der Waals surface area contributed by atoms with Gasteiger partial charge in [0.1, 0.15) is 0 Å². The molecule has 1 aliphatic carbocycles. The summed E-state index contributed by atoms with van der Waals surface area (Å²) in [6.07, 6.45) is 7.04. The number of carbonyl (C=O) groups is 1. The third-order valence-corrected chi connectivity index (χ3v) is 5.97. The number of amides is 1. The Labute approximate surface area is 174 Å². The Hall–Kier alpha value is -3.48. The fourth-order valence-corrected chi connectivity index (χ4v) is 4.31. The van der Waals surface area contributed by atoms with Crippen LogP contribution in [0, 0.1) is 0 Å². The maximum absolute atomic E-state index is 11.7. The summed E-state index contributed by atoms with van der Waals surface area (Å²) in [5.41, 5.74) is 5.43. The Balaban J connectivity index is 1.36. The number of H-pyrrole nitrogens is 1. The number of nitrogens with one attached hydrogen (secondary N) is 2. The maximum atomic E-state index is 11.7. The number of aromatic nitrogens is 5. The van der Waals surface area contributed by atoms with Gasteiger partial charge in [-0.2, -0.15) is 5.10 Å². The molecule has 0 radical (unpaired) electrons. The van der Waals surface area contributed by atoms with Gasteiger partial charge in [0.05, 0.1) is 29.6 Å². The number of rotatable bonds is 5. The van der Waals surface area contributed by atoms with Gasteiger partial charge in [-0.05, 0) is 36.5 Å². The van der Waals surface area contributed by atoms with Crippen molar-refractivity contribution in [1.82, 2.24) is 30.5 Å². The van der Waals surface area contributed by atoms with Crippen molar-refractivity contribution in [3.05, 3.63) is 54.9 Å². The van der Waals surface area contributed by atoms with E-state index in [0.29, 0.717) is 6.42 Å². The lowest BCUT2D eigenvalue weighted by molar-refractivity contribution is -0.121. The standard InChI is InChI=1S/C23H24N6O/c1-2-23(30)26-19-9-10-20(12-19)29-22(14-25-28-29)16-5-3-15(4-6-16)17-7-8-18-13-24-27-21(18)11-17/h3-8,11,13-14,19-20H,2,9-10,12H2,1H3,(H,24,27)(H,26,30)/t19-,20?/m0/s1. The molecule has 1 aliphatic rings. The molecular formula is C23H24N6O. The van der Waals surface area contributed by atoms with Gasteiger partial charge in [0, 0.05) is 23.4 Å². The van der Waals surface area contributed by atoms with Crippen LogP contribution in [0.15, 0.2) is 54.9 Å². The molecule has 0 bridgehead atoms. The Morgan fingerprint density at radius 1 is 1.10 bits per heavy atom. The van der Waals surface area contributed by atoms with Crippen molar-refractivity contribution in [2.45, 2.75) is 44.7 Å². The second-order valence-corrected chi connectivity index (χ2v) is 7.90. The van der Waals surface area contributed by atoms with Gasteiger partial charge in [-0.15, -0.1) is 5.10 Å². The highest BCUT2D eigenvalue weighted by atomic mass is 16.1. The number of hydrogen-bond donors (Lipinski definition) is 2. The predicted octanol–water partition coefficient (Wildman–Crippen LogP) is 4.11. The Kier molecular flexibility index (Phi) is 4.78. The Morgan fingerprint density at radius 3 is 2.73 bits per heavy atom. The molecule has 2 atom stereocenters. The normalized spacial score (nSPS) is 18.7. The molecule has 7 heteroatoms. The van der Waals surface area contributed by atoms with Crippen LogP contribution in [0.5, 0.6) is 0 Å². The van der Waals surface area contributed by atoms with Crippen LogP contribution in [0.4, 0.5) is 0 Å². The van der Waals surface area contributed by atoms with Crippen LogP contribution in [0.1, 0.15) is 38.6 Å². The molecule has 1 unspecified atom stereocenters. The number of carbonyl (C=O) groups excluding carboxylic acids is 1. The minimum absolute atomic E-state index is 0.114. The molecule has 0 spiro atoms. The molecule has 7 nitrogen and oxygen atoms in total. The summed E-state index contributed by atoms with van der Waals surface area (Å²) >= 11 is 0. The number of nitrogens with zero attached hydrogens (tertiary/aromatic N) is 4. The summed E-state index contributed by atoms with van der Waals surface area (Å²) < 4.78 is 2.02. The van der Waals surface area contributed by atoms with E-state index in [4.69, 9.17) is 0 Å². The fraction of sp³-hybridized carbons (Fsp3) is 0.304. The van der Waals surface area contributed by atoms with Gasteiger partial charge in [0.2, 0.25) is 5.91 Å². The molecule has 2 aromatic heterocycles. The van der Waals surface area contributed by atoms with E-state index >= 15 is 0 Å². The first-order chi connectivity index (χ1) is 14.7. The summed E-state index contributed by atoms with van der Waals surface area (Å²) in [4.78, 5) is 11.7. The zero-order valence-electron chi connectivity index (χ0n) is 16.9. The van der Waals surface area contributed by atoms with Crippen molar-refractivity contribution >= 4 is 16.8 Å². The number of benzene rings is 2. The Bertz CT molecular complexity index is 1180. The first-order valence-electron chi connectivity index (χ1n) is 10.4. The molecule has 30 heavy (non-hydrogen) atoms. The summed E-state index contributed by atoms with van der Waals surface area (Å²) in [6.45, 7) is 1.88. The molecule has 1 fully saturated rings. The molecule has 152 valence electrons. The molecule has 1 amide bonds. The van der Waals surface area contributed by atoms with Gasteiger partial charge in [0.15, 0.2) is 0 Å². The van der Waals surface area contributed by atoms with Gasteiger partial charge in [-0.1, -0.05) is 48.5 Å². The molecule has 0 aliphatic heterocycles. The first-order valence-corrected chi connectivity index (χ1v) is 10.4. The van der Waals surface area contributed by atoms with Gasteiger partial charge >= 0.3 is 0 Å². The number of aromatic amines is 1. The molecule has 4 aromatic rings. The topological polar surface area (TPSA) is 88.5 Å². The van der Waals surface area contributed by atoms with E-state index in [9.17, 15) is 4.79 Å². The van der Waals surface area contributed by atoms with Crippen molar-refractivity contribution in [3.63, 3.8) is 0 Å². The van der Waals surface area contributed by atoms with Crippen molar-refractivity contribution in [3.8, 4) is 22.4 Å². The SMILES string of the molecule is CCC(=O)N[C@H]1CCC(n2nncc2-c2ccc(-c3ccc4cn[nH]c4c3)cc2)C1. The van der Waals surface area contributed by atoms with Crippen LogP contribution in [0.25, 0.3) is 33.3 Å². The van der Waals surface area contributed by atoms with Crippen LogP contribution >= 0.6 is 0 Å². The van der Waals surface area contributed by atoms with E-state index < -0.39 is 0 Å². The second kappa shape index (κ2) is 7.74. The lowest BCUT2D eigenvalue weighted by Gasteiger charge is -2.15. The average molecular weight is 400 g/mol. The maximum Gasteiger partial charge on any atom is 0.219 e. The molecule has 1 saturated carbocycles. The fourth-order valence-electron chi connectivity index (χ4n) is 4.31. The van der Waals surface area contributed by atoms with Gasteiger partial charge in [0.25, 0.3) is 0 Å². The molecular weight excluding hydrogens is 376 g/mol. The predicted molar refractivity (Wildman–Crippen MR) is 116 cm³/mol. The third-order valence-electron chi connectivity index (χ3n) is 5.97. The van der Waals surface area contributed by atoms with E-state index in [1.54, 1.807) is 0 Å². The highest BCUT2D eigenvalue weighted by Gasteiger charge is 2.29. The van der Waals surface area contributed by atoms with Crippen molar-refractivity contribution in [1.29, 1.82) is 0 Å². The van der Waals surface area contributed by atoms with Crippen LogP contribution in [-0.2, 0) is 4.79 Å².